The van der Waals surface area contributed by atoms with E-state index in [0.29, 0.717) is 11.1 Å². The lowest BCUT2D eigenvalue weighted by molar-refractivity contribution is -0.147. The lowest BCUT2D eigenvalue weighted by Gasteiger charge is -2.36. The van der Waals surface area contributed by atoms with E-state index in [-0.39, 0.29) is 35.4 Å². The number of rotatable bonds is 3. The second-order valence-electron chi connectivity index (χ2n) is 8.96. The smallest absolute Gasteiger partial charge is 0.367 e. The second-order valence-corrected chi connectivity index (χ2v) is 8.96. The number of morpholine rings is 1. The third kappa shape index (κ3) is 4.45. The van der Waals surface area contributed by atoms with Crippen LogP contribution in [-0.4, -0.2) is 48.5 Å². The molecule has 10 nitrogen and oxygen atoms in total. The van der Waals surface area contributed by atoms with Crippen molar-refractivity contribution in [2.45, 2.75) is 25.3 Å². The van der Waals surface area contributed by atoms with Gasteiger partial charge in [0.1, 0.15) is 23.1 Å². The van der Waals surface area contributed by atoms with Gasteiger partial charge in [-0.1, -0.05) is 0 Å². The van der Waals surface area contributed by atoms with Crippen molar-refractivity contribution in [2.75, 3.05) is 18.0 Å². The molecule has 1 aliphatic rings. The van der Waals surface area contributed by atoms with Gasteiger partial charge in [0.05, 0.1) is 30.5 Å². The summed E-state index contributed by atoms with van der Waals surface area (Å²) in [7, 11) is 2.70. The normalized spacial score (nSPS) is 18.1. The third-order valence-corrected chi connectivity index (χ3v) is 6.16. The minimum absolute atomic E-state index is 0.000964. The SMILES string of the molecule is CC1CN(c2nc(-c3ccc(C#N)cc3F)c3nc(C(F)(F)F)n(C)c(=O)c3n2)CC(c2cnn(C)c2)O1. The summed E-state index contributed by atoms with van der Waals surface area (Å²) in [5, 5.41) is 13.3. The Morgan fingerprint density at radius 3 is 2.53 bits per heavy atom. The number of anilines is 1. The van der Waals surface area contributed by atoms with Crippen LogP contribution in [0, 0.1) is 17.1 Å². The van der Waals surface area contributed by atoms with Gasteiger partial charge in [0.15, 0.2) is 5.52 Å². The minimum Gasteiger partial charge on any atom is -0.367 e. The molecule has 5 rings (SSSR count). The molecule has 38 heavy (non-hydrogen) atoms. The highest BCUT2D eigenvalue weighted by atomic mass is 19.4. The van der Waals surface area contributed by atoms with E-state index in [0.717, 1.165) is 18.7 Å². The van der Waals surface area contributed by atoms with Crippen molar-refractivity contribution in [1.82, 2.24) is 29.3 Å². The van der Waals surface area contributed by atoms with Crippen LogP contribution in [0.3, 0.4) is 0 Å². The molecule has 0 spiro atoms. The molecule has 0 amide bonds. The van der Waals surface area contributed by atoms with Crippen LogP contribution in [0.2, 0.25) is 0 Å². The van der Waals surface area contributed by atoms with Crippen molar-refractivity contribution in [1.29, 1.82) is 5.26 Å². The highest BCUT2D eigenvalue weighted by Gasteiger charge is 2.38. The zero-order valence-electron chi connectivity index (χ0n) is 20.4. The standard InChI is InChI=1S/C24H20F4N8O2/c1-12-9-36(11-17(38-12)14-8-30-34(2)10-14)23-32-18(15-5-4-13(7-29)6-16(15)25)19-20(33-23)21(37)35(3)22(31-19)24(26,27)28/h4-6,8,10,12,17H,9,11H2,1-3H3. The molecule has 4 aromatic rings. The number of nitrogens with zero attached hydrogens (tertiary/aromatic N) is 8. The van der Waals surface area contributed by atoms with Gasteiger partial charge in [-0.15, -0.1) is 0 Å². The Morgan fingerprint density at radius 2 is 1.89 bits per heavy atom. The summed E-state index contributed by atoms with van der Waals surface area (Å²) in [6, 6.07) is 5.25. The monoisotopic (exact) mass is 528 g/mol. The number of ether oxygens (including phenoxy) is 1. The van der Waals surface area contributed by atoms with E-state index >= 15 is 4.39 Å². The zero-order chi connectivity index (χ0) is 27.4. The molecule has 1 aliphatic heterocycles. The van der Waals surface area contributed by atoms with Crippen molar-refractivity contribution in [3.8, 4) is 17.3 Å². The largest absolute Gasteiger partial charge is 0.449 e. The fraction of sp³-hybridized carbons (Fsp3) is 0.333. The molecule has 4 heterocycles. The van der Waals surface area contributed by atoms with Crippen LogP contribution in [0.4, 0.5) is 23.5 Å². The first kappa shape index (κ1) is 25.3. The molecule has 1 fully saturated rings. The summed E-state index contributed by atoms with van der Waals surface area (Å²) in [6.07, 6.45) is -2.26. The summed E-state index contributed by atoms with van der Waals surface area (Å²) in [5.41, 5.74) is -1.70. The highest BCUT2D eigenvalue weighted by Crippen LogP contribution is 2.34. The summed E-state index contributed by atoms with van der Waals surface area (Å²) in [6.45, 7) is 2.37. The highest BCUT2D eigenvalue weighted by molar-refractivity contribution is 5.90. The fourth-order valence-electron chi connectivity index (χ4n) is 4.40. The van der Waals surface area contributed by atoms with Crippen LogP contribution in [0.1, 0.15) is 30.0 Å². The van der Waals surface area contributed by atoms with E-state index < -0.39 is 40.5 Å². The zero-order valence-corrected chi connectivity index (χ0v) is 20.4. The molecule has 0 bridgehead atoms. The molecule has 1 aromatic carbocycles. The van der Waals surface area contributed by atoms with Gasteiger partial charge in [-0.3, -0.25) is 14.0 Å². The van der Waals surface area contributed by atoms with Crippen LogP contribution in [0.25, 0.3) is 22.3 Å². The van der Waals surface area contributed by atoms with Crippen molar-refractivity contribution in [3.63, 3.8) is 0 Å². The lowest BCUT2D eigenvalue weighted by Crippen LogP contribution is -2.44. The van der Waals surface area contributed by atoms with Crippen molar-refractivity contribution < 1.29 is 22.3 Å². The number of aromatic nitrogens is 6. The van der Waals surface area contributed by atoms with Gasteiger partial charge in [0.25, 0.3) is 5.56 Å². The van der Waals surface area contributed by atoms with Gasteiger partial charge >= 0.3 is 6.18 Å². The van der Waals surface area contributed by atoms with Crippen LogP contribution in [0.5, 0.6) is 0 Å². The first-order valence-electron chi connectivity index (χ1n) is 11.4. The molecule has 2 unspecified atom stereocenters. The first-order chi connectivity index (χ1) is 18.0. The average molecular weight is 528 g/mol. The van der Waals surface area contributed by atoms with Crippen molar-refractivity contribution in [2.24, 2.45) is 14.1 Å². The van der Waals surface area contributed by atoms with E-state index in [1.54, 1.807) is 35.1 Å². The molecular formula is C24H20F4N8O2. The number of halogens is 4. The van der Waals surface area contributed by atoms with Crippen LogP contribution in [0.15, 0.2) is 35.4 Å². The summed E-state index contributed by atoms with van der Waals surface area (Å²) in [4.78, 5) is 27.2. The minimum atomic E-state index is -4.96. The van der Waals surface area contributed by atoms with Gasteiger partial charge in [-0.05, 0) is 25.1 Å². The Balaban J connectivity index is 1.73. The first-order valence-corrected chi connectivity index (χ1v) is 11.4. The Kier molecular flexibility index (Phi) is 6.10. The maximum atomic E-state index is 15.1. The maximum absolute atomic E-state index is 15.1. The maximum Gasteiger partial charge on any atom is 0.449 e. The summed E-state index contributed by atoms with van der Waals surface area (Å²) in [5.74, 6) is -2.38. The number of aryl methyl sites for hydroxylation is 1. The molecule has 0 saturated carbocycles. The Bertz CT molecular complexity index is 1660. The Morgan fingerprint density at radius 1 is 1.13 bits per heavy atom. The van der Waals surface area contributed by atoms with E-state index in [2.05, 4.69) is 20.1 Å². The van der Waals surface area contributed by atoms with Gasteiger partial charge in [0, 0.05) is 38.0 Å². The van der Waals surface area contributed by atoms with E-state index in [1.165, 1.54) is 12.1 Å². The molecule has 0 radical (unpaired) electrons. The number of alkyl halides is 3. The number of fused-ring (bicyclic) bond motifs is 1. The van der Waals surface area contributed by atoms with Gasteiger partial charge in [-0.2, -0.15) is 23.5 Å². The number of hydrogen-bond donors (Lipinski definition) is 0. The van der Waals surface area contributed by atoms with E-state index in [4.69, 9.17) is 10.00 Å². The number of benzene rings is 1. The van der Waals surface area contributed by atoms with Crippen LogP contribution >= 0.6 is 0 Å². The van der Waals surface area contributed by atoms with Gasteiger partial charge < -0.3 is 9.64 Å². The molecular weight excluding hydrogens is 508 g/mol. The second kappa shape index (κ2) is 9.18. The number of hydrogen-bond acceptors (Lipinski definition) is 8. The fourth-order valence-corrected chi connectivity index (χ4v) is 4.40. The van der Waals surface area contributed by atoms with Gasteiger partial charge in [-0.25, -0.2) is 19.3 Å². The molecule has 1 saturated heterocycles. The number of nitriles is 1. The quantitative estimate of drug-likeness (QED) is 0.373. The molecule has 196 valence electrons. The van der Waals surface area contributed by atoms with Crippen molar-refractivity contribution >= 4 is 17.0 Å². The van der Waals surface area contributed by atoms with Crippen LogP contribution < -0.4 is 10.5 Å². The predicted octanol–water partition coefficient (Wildman–Crippen LogP) is 3.12. The summed E-state index contributed by atoms with van der Waals surface area (Å²) < 4.78 is 64.2. The molecule has 2 atom stereocenters. The molecule has 3 aromatic heterocycles. The predicted molar refractivity (Wildman–Crippen MR) is 126 cm³/mol. The van der Waals surface area contributed by atoms with Crippen molar-refractivity contribution in [3.05, 3.63) is 63.7 Å². The van der Waals surface area contributed by atoms with Crippen LogP contribution in [-0.2, 0) is 25.0 Å². The molecule has 0 aliphatic carbocycles. The van der Waals surface area contributed by atoms with E-state index in [1.807, 2.05) is 6.92 Å². The third-order valence-electron chi connectivity index (χ3n) is 6.16. The summed E-state index contributed by atoms with van der Waals surface area (Å²) >= 11 is 0. The lowest BCUT2D eigenvalue weighted by atomic mass is 10.1. The Hall–Kier alpha value is -4.38. The topological polar surface area (TPSA) is 115 Å². The Labute approximate surface area is 212 Å². The molecule has 14 heteroatoms. The van der Waals surface area contributed by atoms with Gasteiger partial charge in [0.2, 0.25) is 11.8 Å². The average Bonchev–Trinajstić information content (AvgIpc) is 3.31. The molecule has 0 N–H and O–H groups in total. The van der Waals surface area contributed by atoms with E-state index in [9.17, 15) is 18.0 Å².